The van der Waals surface area contributed by atoms with Gasteiger partial charge in [-0.2, -0.15) is 5.10 Å². The van der Waals surface area contributed by atoms with E-state index in [1.807, 2.05) is 13.0 Å². The van der Waals surface area contributed by atoms with Crippen LogP contribution in [0.1, 0.15) is 37.2 Å². The van der Waals surface area contributed by atoms with E-state index >= 15 is 0 Å². The summed E-state index contributed by atoms with van der Waals surface area (Å²) in [5.74, 6) is 1.80. The van der Waals surface area contributed by atoms with Crippen LogP contribution in [-0.2, 0) is 9.53 Å². The van der Waals surface area contributed by atoms with E-state index in [0.717, 1.165) is 30.3 Å². The number of aliphatic hydroxyl groups is 1. The van der Waals surface area contributed by atoms with E-state index in [9.17, 15) is 9.90 Å². The molecule has 0 bridgehead atoms. The van der Waals surface area contributed by atoms with E-state index in [2.05, 4.69) is 15.4 Å². The second-order valence-corrected chi connectivity index (χ2v) is 6.63. The van der Waals surface area contributed by atoms with Crippen molar-refractivity contribution in [2.75, 3.05) is 37.8 Å². The molecule has 2 aromatic rings. The smallest absolute Gasteiger partial charge is 0.240 e. The van der Waals surface area contributed by atoms with Crippen LogP contribution in [0.5, 0.6) is 5.75 Å². The molecule has 0 aliphatic carbocycles. The van der Waals surface area contributed by atoms with Crippen LogP contribution in [0, 0.1) is 0 Å². The number of ether oxygens (including phenoxy) is 2. The zero-order valence-electron chi connectivity index (χ0n) is 16.5. The van der Waals surface area contributed by atoms with Gasteiger partial charge in [-0.15, -0.1) is 0 Å². The van der Waals surface area contributed by atoms with E-state index in [1.165, 1.54) is 6.21 Å². The fraction of sp³-hybridized carbons (Fsp3) is 0.429. The van der Waals surface area contributed by atoms with Gasteiger partial charge in [-0.05, 0) is 37.1 Å². The third-order valence-electron chi connectivity index (χ3n) is 4.54. The molecule has 1 saturated heterocycles. The minimum atomic E-state index is -0.721. The van der Waals surface area contributed by atoms with Crippen LogP contribution < -0.4 is 15.1 Å². The Kier molecular flexibility index (Phi) is 7.66. The molecule has 8 heteroatoms. The van der Waals surface area contributed by atoms with Gasteiger partial charge < -0.3 is 23.9 Å². The fourth-order valence-electron chi connectivity index (χ4n) is 2.98. The molecule has 3 rings (SSSR count). The standard InChI is InChI=1S/C21H27N3O5/c1-2-28-17-5-3-16(4-6-17)19(25)8-9-20(26)23-22-15-18-7-10-21(29-18)24-11-13-27-14-12-24/h3-7,10,15,19,25H,2,8-9,11-14H2,1H3,(H,23,26)/b22-15-/t19-/m1/s1. The third kappa shape index (κ3) is 6.33. The van der Waals surface area contributed by atoms with E-state index in [1.54, 1.807) is 30.3 Å². The SMILES string of the molecule is CCOc1ccc([C@H](O)CCC(=O)N/N=C\c2ccc(N3CCOCC3)o2)cc1. The Labute approximate surface area is 170 Å². The first-order valence-electron chi connectivity index (χ1n) is 9.81. The summed E-state index contributed by atoms with van der Waals surface area (Å²) in [5.41, 5.74) is 3.20. The maximum atomic E-state index is 12.0. The van der Waals surface area contributed by atoms with Crippen molar-refractivity contribution in [2.45, 2.75) is 25.9 Å². The Morgan fingerprint density at radius 1 is 1.28 bits per heavy atom. The summed E-state index contributed by atoms with van der Waals surface area (Å²) in [4.78, 5) is 14.1. The van der Waals surface area contributed by atoms with E-state index in [0.29, 0.717) is 32.0 Å². The fourth-order valence-corrected chi connectivity index (χ4v) is 2.98. The maximum absolute atomic E-state index is 12.0. The molecular formula is C21H27N3O5. The summed E-state index contributed by atoms with van der Waals surface area (Å²) in [6, 6.07) is 10.9. The van der Waals surface area contributed by atoms with Gasteiger partial charge in [0.1, 0.15) is 11.5 Å². The van der Waals surface area contributed by atoms with Crippen LogP contribution in [0.4, 0.5) is 5.88 Å². The predicted octanol–water partition coefficient (Wildman–Crippen LogP) is 2.48. The lowest BCUT2D eigenvalue weighted by atomic mass is 10.0. The highest BCUT2D eigenvalue weighted by Gasteiger charge is 2.14. The molecule has 0 spiro atoms. The molecular weight excluding hydrogens is 374 g/mol. The highest BCUT2D eigenvalue weighted by molar-refractivity contribution is 5.80. The van der Waals surface area contributed by atoms with E-state index in [-0.39, 0.29) is 12.3 Å². The summed E-state index contributed by atoms with van der Waals surface area (Å²) >= 11 is 0. The molecule has 1 aromatic carbocycles. The number of amides is 1. The van der Waals surface area contributed by atoms with Crippen LogP contribution in [-0.4, -0.2) is 50.1 Å². The van der Waals surface area contributed by atoms with E-state index in [4.69, 9.17) is 13.9 Å². The zero-order chi connectivity index (χ0) is 20.5. The van der Waals surface area contributed by atoms with Crippen LogP contribution in [0.3, 0.4) is 0 Å². The number of hydrazone groups is 1. The van der Waals surface area contributed by atoms with Gasteiger partial charge >= 0.3 is 0 Å². The molecule has 0 unspecified atom stereocenters. The maximum Gasteiger partial charge on any atom is 0.240 e. The quantitative estimate of drug-likeness (QED) is 0.495. The van der Waals surface area contributed by atoms with Gasteiger partial charge in [0.25, 0.3) is 0 Å². The van der Waals surface area contributed by atoms with Gasteiger partial charge in [0, 0.05) is 25.6 Å². The number of hydrogen-bond acceptors (Lipinski definition) is 7. The first kappa shape index (κ1) is 20.9. The Bertz CT molecular complexity index is 797. The summed E-state index contributed by atoms with van der Waals surface area (Å²) in [6.45, 7) is 5.45. The highest BCUT2D eigenvalue weighted by Crippen LogP contribution is 2.21. The summed E-state index contributed by atoms with van der Waals surface area (Å²) in [7, 11) is 0. The molecule has 29 heavy (non-hydrogen) atoms. The third-order valence-corrected chi connectivity index (χ3v) is 4.54. The number of nitrogens with one attached hydrogen (secondary N) is 1. The van der Waals surface area contributed by atoms with Crippen molar-refractivity contribution in [3.05, 3.63) is 47.7 Å². The molecule has 2 N–H and O–H groups in total. The molecule has 1 aliphatic rings. The Balaban J connectivity index is 1.40. The van der Waals surface area contributed by atoms with Gasteiger partial charge in [-0.25, -0.2) is 5.43 Å². The van der Waals surface area contributed by atoms with Crippen LogP contribution in [0.2, 0.25) is 0 Å². The minimum absolute atomic E-state index is 0.156. The van der Waals surface area contributed by atoms with Crippen molar-refractivity contribution < 1.29 is 23.8 Å². The van der Waals surface area contributed by atoms with Gasteiger partial charge in [0.15, 0.2) is 5.88 Å². The number of hydrogen-bond donors (Lipinski definition) is 2. The molecule has 2 heterocycles. The topological polar surface area (TPSA) is 96.5 Å². The number of morpholine rings is 1. The van der Waals surface area contributed by atoms with Crippen LogP contribution in [0.15, 0.2) is 45.9 Å². The molecule has 1 aromatic heterocycles. The second kappa shape index (κ2) is 10.6. The number of rotatable bonds is 9. The highest BCUT2D eigenvalue weighted by atomic mass is 16.5. The second-order valence-electron chi connectivity index (χ2n) is 6.63. The van der Waals surface area contributed by atoms with Crippen LogP contribution in [0.25, 0.3) is 0 Å². The van der Waals surface area contributed by atoms with Crippen molar-refractivity contribution >= 4 is 18.0 Å². The lowest BCUT2D eigenvalue weighted by Gasteiger charge is -2.26. The molecule has 1 aliphatic heterocycles. The molecule has 156 valence electrons. The number of nitrogens with zero attached hydrogens (tertiary/aromatic N) is 2. The average molecular weight is 401 g/mol. The Morgan fingerprint density at radius 3 is 2.76 bits per heavy atom. The molecule has 1 atom stereocenters. The molecule has 1 amide bonds. The van der Waals surface area contributed by atoms with Gasteiger partial charge in [0.05, 0.1) is 32.1 Å². The number of carbonyl (C=O) groups is 1. The summed E-state index contributed by atoms with van der Waals surface area (Å²) < 4.78 is 16.4. The Morgan fingerprint density at radius 2 is 2.03 bits per heavy atom. The van der Waals surface area contributed by atoms with Gasteiger partial charge in [0.2, 0.25) is 5.91 Å². The lowest BCUT2D eigenvalue weighted by Crippen LogP contribution is -2.35. The van der Waals surface area contributed by atoms with Crippen molar-refractivity contribution in [1.29, 1.82) is 0 Å². The summed E-state index contributed by atoms with van der Waals surface area (Å²) in [5, 5.41) is 14.2. The number of aliphatic hydroxyl groups excluding tert-OH is 1. The zero-order valence-corrected chi connectivity index (χ0v) is 16.5. The van der Waals surface area contributed by atoms with Crippen molar-refractivity contribution in [1.82, 2.24) is 5.43 Å². The van der Waals surface area contributed by atoms with Crippen molar-refractivity contribution in [3.8, 4) is 5.75 Å². The number of furan rings is 1. The largest absolute Gasteiger partial charge is 0.494 e. The van der Waals surface area contributed by atoms with Gasteiger partial charge in [-0.1, -0.05) is 12.1 Å². The van der Waals surface area contributed by atoms with E-state index < -0.39 is 6.10 Å². The minimum Gasteiger partial charge on any atom is -0.494 e. The van der Waals surface area contributed by atoms with Crippen LogP contribution >= 0.6 is 0 Å². The predicted molar refractivity (Wildman–Crippen MR) is 109 cm³/mol. The lowest BCUT2D eigenvalue weighted by molar-refractivity contribution is -0.121. The number of carbonyl (C=O) groups excluding carboxylic acids is 1. The molecule has 0 saturated carbocycles. The first-order chi connectivity index (χ1) is 14.2. The average Bonchev–Trinajstić information content (AvgIpc) is 3.22. The van der Waals surface area contributed by atoms with Gasteiger partial charge in [-0.3, -0.25) is 4.79 Å². The monoisotopic (exact) mass is 401 g/mol. The molecule has 0 radical (unpaired) electrons. The summed E-state index contributed by atoms with van der Waals surface area (Å²) in [6.07, 6.45) is 1.20. The molecule has 1 fully saturated rings. The van der Waals surface area contributed by atoms with Crippen molar-refractivity contribution in [2.24, 2.45) is 5.10 Å². The molecule has 8 nitrogen and oxygen atoms in total. The number of anilines is 1. The Hall–Kier alpha value is -2.84. The number of benzene rings is 1. The van der Waals surface area contributed by atoms with Crippen molar-refractivity contribution in [3.63, 3.8) is 0 Å². The first-order valence-corrected chi connectivity index (χ1v) is 9.81. The normalized spacial score (nSPS) is 15.4.